The fraction of sp³-hybridized carbons (Fsp3) is 0.238. The molecule has 0 bridgehead atoms. The fourth-order valence-corrected chi connectivity index (χ4v) is 3.48. The van der Waals surface area contributed by atoms with Gasteiger partial charge < -0.3 is 9.26 Å². The molecule has 8 nitrogen and oxygen atoms in total. The predicted octanol–water partition coefficient (Wildman–Crippen LogP) is 2.95. The maximum absolute atomic E-state index is 13.1. The number of methoxy groups -OCH3 is 1. The first-order chi connectivity index (χ1) is 14.6. The van der Waals surface area contributed by atoms with Crippen LogP contribution in [0, 0.1) is 0 Å². The summed E-state index contributed by atoms with van der Waals surface area (Å²) in [6, 6.07) is 14.1. The third-order valence-electron chi connectivity index (χ3n) is 4.71. The Morgan fingerprint density at radius 3 is 2.73 bits per heavy atom. The smallest absolute Gasteiger partial charge is 0.331 e. The summed E-state index contributed by atoms with van der Waals surface area (Å²) in [5.74, 6) is 0.623. The molecule has 0 aliphatic heterocycles. The van der Waals surface area contributed by atoms with Crippen LogP contribution in [0.2, 0.25) is 5.02 Å². The van der Waals surface area contributed by atoms with E-state index >= 15 is 0 Å². The van der Waals surface area contributed by atoms with Gasteiger partial charge in [-0.15, -0.1) is 0 Å². The molecule has 0 atom stereocenters. The van der Waals surface area contributed by atoms with E-state index in [0.29, 0.717) is 40.3 Å². The molecule has 0 aliphatic carbocycles. The van der Waals surface area contributed by atoms with Crippen LogP contribution >= 0.6 is 11.6 Å². The molecule has 0 saturated carbocycles. The molecule has 2 heterocycles. The lowest BCUT2D eigenvalue weighted by molar-refractivity contribution is 0.189. The second kappa shape index (κ2) is 8.64. The normalized spacial score (nSPS) is 11.3. The Hall–Kier alpha value is -3.23. The van der Waals surface area contributed by atoms with Crippen molar-refractivity contribution in [1.82, 2.24) is 19.3 Å². The van der Waals surface area contributed by atoms with Crippen molar-refractivity contribution in [3.63, 3.8) is 0 Å². The average molecular weight is 427 g/mol. The Labute approximate surface area is 176 Å². The highest BCUT2D eigenvalue weighted by Gasteiger charge is 2.16. The van der Waals surface area contributed by atoms with Gasteiger partial charge in [0.05, 0.1) is 10.9 Å². The van der Waals surface area contributed by atoms with Gasteiger partial charge in [-0.1, -0.05) is 41.0 Å². The molecular weight excluding hydrogens is 408 g/mol. The van der Waals surface area contributed by atoms with Crippen molar-refractivity contribution in [2.75, 3.05) is 13.7 Å². The number of hydrogen-bond donors (Lipinski definition) is 0. The molecule has 0 N–H and O–H groups in total. The topological polar surface area (TPSA) is 92.2 Å². The van der Waals surface area contributed by atoms with Crippen LogP contribution in [-0.2, 0) is 17.8 Å². The fourth-order valence-electron chi connectivity index (χ4n) is 3.29. The van der Waals surface area contributed by atoms with Crippen LogP contribution in [0.3, 0.4) is 0 Å². The van der Waals surface area contributed by atoms with E-state index < -0.39 is 5.69 Å². The molecule has 2 aromatic heterocycles. The van der Waals surface area contributed by atoms with Crippen LogP contribution in [0.5, 0.6) is 0 Å². The molecule has 0 amide bonds. The molecule has 9 heteroatoms. The summed E-state index contributed by atoms with van der Waals surface area (Å²) >= 11 is 6.03. The molecule has 0 unspecified atom stereocenters. The van der Waals surface area contributed by atoms with Crippen molar-refractivity contribution in [3.05, 3.63) is 80.3 Å². The van der Waals surface area contributed by atoms with Gasteiger partial charge in [-0.05, 0) is 30.7 Å². The van der Waals surface area contributed by atoms with Crippen LogP contribution in [0.15, 0.2) is 62.6 Å². The van der Waals surface area contributed by atoms with E-state index in [-0.39, 0.29) is 24.5 Å². The van der Waals surface area contributed by atoms with Crippen LogP contribution in [0.1, 0.15) is 12.3 Å². The third-order valence-corrected chi connectivity index (χ3v) is 4.94. The molecular formula is C21H19ClN4O4. The number of rotatable bonds is 7. The molecule has 0 spiro atoms. The van der Waals surface area contributed by atoms with Gasteiger partial charge in [-0.25, -0.2) is 4.79 Å². The SMILES string of the molecule is COCCCn1c(=O)c2ccccc2n(Cc2nc(-c3cccc(Cl)c3)no2)c1=O. The second-order valence-corrected chi connectivity index (χ2v) is 7.15. The number of fused-ring (bicyclic) bond motifs is 1. The molecule has 30 heavy (non-hydrogen) atoms. The van der Waals surface area contributed by atoms with E-state index in [1.807, 2.05) is 6.07 Å². The lowest BCUT2D eigenvalue weighted by Gasteiger charge is -2.12. The van der Waals surface area contributed by atoms with E-state index in [9.17, 15) is 9.59 Å². The molecule has 2 aromatic carbocycles. The number of benzene rings is 2. The van der Waals surface area contributed by atoms with E-state index in [2.05, 4.69) is 10.1 Å². The Morgan fingerprint density at radius 2 is 1.93 bits per heavy atom. The van der Waals surface area contributed by atoms with Gasteiger partial charge >= 0.3 is 5.69 Å². The van der Waals surface area contributed by atoms with Crippen LogP contribution in [0.4, 0.5) is 0 Å². The van der Waals surface area contributed by atoms with Crippen molar-refractivity contribution in [1.29, 1.82) is 0 Å². The highest BCUT2D eigenvalue weighted by Crippen LogP contribution is 2.20. The van der Waals surface area contributed by atoms with Gasteiger partial charge in [0.15, 0.2) is 0 Å². The first-order valence-electron chi connectivity index (χ1n) is 9.38. The number of nitrogens with zero attached hydrogens (tertiary/aromatic N) is 4. The second-order valence-electron chi connectivity index (χ2n) is 6.71. The summed E-state index contributed by atoms with van der Waals surface area (Å²) in [6.07, 6.45) is 0.545. The van der Waals surface area contributed by atoms with E-state index in [1.54, 1.807) is 49.6 Å². The lowest BCUT2D eigenvalue weighted by Crippen LogP contribution is -2.40. The first-order valence-corrected chi connectivity index (χ1v) is 9.76. The molecule has 0 aliphatic rings. The standard InChI is InChI=1S/C21H19ClN4O4/c1-29-11-5-10-25-20(27)16-8-2-3-9-17(16)26(21(25)28)13-18-23-19(24-30-18)14-6-4-7-15(22)12-14/h2-4,6-9,12H,5,10-11,13H2,1H3. The minimum atomic E-state index is -0.433. The summed E-state index contributed by atoms with van der Waals surface area (Å²) < 4.78 is 13.1. The van der Waals surface area contributed by atoms with Gasteiger partial charge in [0.25, 0.3) is 5.56 Å². The summed E-state index contributed by atoms with van der Waals surface area (Å²) in [4.78, 5) is 30.3. The van der Waals surface area contributed by atoms with Crippen molar-refractivity contribution >= 4 is 22.5 Å². The van der Waals surface area contributed by atoms with Crippen LogP contribution < -0.4 is 11.2 Å². The monoisotopic (exact) mass is 426 g/mol. The third kappa shape index (κ3) is 3.92. The van der Waals surface area contributed by atoms with Crippen molar-refractivity contribution < 1.29 is 9.26 Å². The van der Waals surface area contributed by atoms with Gasteiger partial charge in [-0.2, -0.15) is 4.98 Å². The molecule has 0 saturated heterocycles. The van der Waals surface area contributed by atoms with Gasteiger partial charge in [-0.3, -0.25) is 13.9 Å². The number of hydrogen-bond acceptors (Lipinski definition) is 6. The van der Waals surface area contributed by atoms with Gasteiger partial charge in [0.1, 0.15) is 6.54 Å². The molecule has 154 valence electrons. The minimum Gasteiger partial charge on any atom is -0.385 e. The number of halogens is 1. The quantitative estimate of drug-likeness (QED) is 0.422. The summed E-state index contributed by atoms with van der Waals surface area (Å²) in [7, 11) is 1.58. The highest BCUT2D eigenvalue weighted by molar-refractivity contribution is 6.30. The molecule has 0 fully saturated rings. The van der Waals surface area contributed by atoms with Crippen molar-refractivity contribution in [2.24, 2.45) is 0 Å². The van der Waals surface area contributed by atoms with Crippen LogP contribution in [-0.4, -0.2) is 33.0 Å². The Balaban J connectivity index is 1.75. The molecule has 0 radical (unpaired) electrons. The first kappa shape index (κ1) is 20.1. The summed E-state index contributed by atoms with van der Waals surface area (Å²) in [5, 5.41) is 5.00. The summed E-state index contributed by atoms with van der Waals surface area (Å²) in [6.45, 7) is 0.747. The lowest BCUT2D eigenvalue weighted by atomic mass is 10.2. The van der Waals surface area contributed by atoms with Gasteiger partial charge in [0.2, 0.25) is 11.7 Å². The maximum Gasteiger partial charge on any atom is 0.331 e. The van der Waals surface area contributed by atoms with E-state index in [1.165, 1.54) is 9.13 Å². The van der Waals surface area contributed by atoms with Crippen molar-refractivity contribution in [3.8, 4) is 11.4 Å². The maximum atomic E-state index is 13.1. The van der Waals surface area contributed by atoms with E-state index in [4.69, 9.17) is 20.9 Å². The highest BCUT2D eigenvalue weighted by atomic mass is 35.5. The Bertz CT molecular complexity index is 1310. The Kier molecular flexibility index (Phi) is 5.78. The number of para-hydroxylation sites is 1. The van der Waals surface area contributed by atoms with E-state index in [0.717, 1.165) is 0 Å². The summed E-state index contributed by atoms with van der Waals surface area (Å²) in [5.41, 5.74) is 0.461. The molecule has 4 rings (SSSR count). The average Bonchev–Trinajstić information content (AvgIpc) is 3.22. The zero-order chi connectivity index (χ0) is 21.1. The largest absolute Gasteiger partial charge is 0.385 e. The zero-order valence-electron chi connectivity index (χ0n) is 16.2. The van der Waals surface area contributed by atoms with Crippen LogP contribution in [0.25, 0.3) is 22.3 Å². The van der Waals surface area contributed by atoms with Crippen molar-refractivity contribution in [2.45, 2.75) is 19.5 Å². The number of aromatic nitrogens is 4. The molecule has 4 aromatic rings. The minimum absolute atomic E-state index is 0.0392. The number of ether oxygens (including phenoxy) is 1. The van der Waals surface area contributed by atoms with Gasteiger partial charge in [0, 0.05) is 30.8 Å². The zero-order valence-corrected chi connectivity index (χ0v) is 17.0. The predicted molar refractivity (Wildman–Crippen MR) is 113 cm³/mol. The Morgan fingerprint density at radius 1 is 1.10 bits per heavy atom.